The minimum Gasteiger partial charge on any atom is -0.318 e. The molecule has 35 heavy (non-hydrogen) atoms. The summed E-state index contributed by atoms with van der Waals surface area (Å²) in [4.78, 5) is 39.7. The molecule has 0 aromatic heterocycles. The molecule has 11 heteroatoms. The Morgan fingerprint density at radius 1 is 0.571 bits per heavy atom. The third-order valence-electron chi connectivity index (χ3n) is 6.74. The number of hydrogen-bond acceptors (Lipinski definition) is 8. The van der Waals surface area contributed by atoms with Gasteiger partial charge in [-0.3, -0.25) is 35.1 Å². The van der Waals surface area contributed by atoms with Crippen LogP contribution in [0.2, 0.25) is 0 Å². The average molecular weight is 504 g/mol. The summed E-state index contributed by atoms with van der Waals surface area (Å²) >= 11 is 0. The van der Waals surface area contributed by atoms with Crippen LogP contribution in [0, 0.1) is 30.3 Å². The number of hydrogen-bond donors (Lipinski definition) is 1. The quantitative estimate of drug-likeness (QED) is 0.0503. The molecule has 204 valence electrons. The average Bonchev–Trinajstić information content (AvgIpc) is 2.80. The number of unbranched alkanes of at least 4 members (excludes halogenated alkanes) is 18. The number of carbonyl (C=O) groups is 1. The smallest absolute Gasteiger partial charge is 0.318 e. The molecule has 0 amide bonds. The fourth-order valence-electron chi connectivity index (χ4n) is 4.40. The molecule has 11 nitrogen and oxygen atoms in total. The van der Waals surface area contributed by atoms with Gasteiger partial charge in [0, 0.05) is 0 Å². The highest BCUT2D eigenvalue weighted by Crippen LogP contribution is 2.31. The lowest BCUT2D eigenvalue weighted by atomic mass is 9.92. The lowest BCUT2D eigenvalue weighted by molar-refractivity contribution is -0.851. The first-order valence-electron chi connectivity index (χ1n) is 13.3. The zero-order valence-corrected chi connectivity index (χ0v) is 21.4. The monoisotopic (exact) mass is 503 g/mol. The summed E-state index contributed by atoms with van der Waals surface area (Å²) in [5.74, 6) is 0. The molecule has 0 saturated heterocycles. The number of nitrogens with zero attached hydrogens (tertiary/aromatic N) is 3. The second-order valence-electron chi connectivity index (χ2n) is 9.55. The van der Waals surface area contributed by atoms with Gasteiger partial charge in [0.05, 0.1) is 11.3 Å². The highest BCUT2D eigenvalue weighted by Gasteiger charge is 2.82. The fourth-order valence-corrected chi connectivity index (χ4v) is 4.40. The van der Waals surface area contributed by atoms with Crippen LogP contribution in [0.25, 0.3) is 0 Å². The van der Waals surface area contributed by atoms with Crippen molar-refractivity contribution >= 4 is 6.29 Å². The SMILES string of the molecule is CCCCCCCCCCCCCCCCCCCCCC(O)([N+](=O)[O-])C(C=O)([N+](=O)[O-])[N+](=O)[O-]. The Kier molecular flexibility index (Phi) is 17.9. The van der Waals surface area contributed by atoms with Gasteiger partial charge in [-0.2, -0.15) is 0 Å². The lowest BCUT2D eigenvalue weighted by Crippen LogP contribution is -2.68. The minimum absolute atomic E-state index is 0.0342. The molecule has 1 N–H and O–H groups in total. The molecule has 0 saturated carbocycles. The van der Waals surface area contributed by atoms with Crippen LogP contribution in [0.1, 0.15) is 135 Å². The molecule has 0 aromatic carbocycles. The van der Waals surface area contributed by atoms with E-state index in [2.05, 4.69) is 6.92 Å². The molecule has 0 rings (SSSR count). The molecule has 0 aliphatic rings. The molecular formula is C24H45N3O8. The number of aldehydes is 1. The van der Waals surface area contributed by atoms with Crippen molar-refractivity contribution in [2.45, 2.75) is 147 Å². The van der Waals surface area contributed by atoms with Gasteiger partial charge in [-0.1, -0.05) is 122 Å². The van der Waals surface area contributed by atoms with Crippen LogP contribution in [-0.2, 0) is 4.79 Å². The maximum Gasteiger partial charge on any atom is 0.607 e. The lowest BCUT2D eigenvalue weighted by Gasteiger charge is -2.22. The molecule has 0 aromatic rings. The number of rotatable bonds is 25. The Balaban J connectivity index is 3.87. The van der Waals surface area contributed by atoms with Gasteiger partial charge in [0.2, 0.25) is 0 Å². The van der Waals surface area contributed by atoms with Gasteiger partial charge >= 0.3 is 11.4 Å². The van der Waals surface area contributed by atoms with E-state index >= 15 is 0 Å². The van der Waals surface area contributed by atoms with E-state index in [-0.39, 0.29) is 6.42 Å². The summed E-state index contributed by atoms with van der Waals surface area (Å²) in [7, 11) is 0. The van der Waals surface area contributed by atoms with E-state index in [0.29, 0.717) is 12.8 Å². The van der Waals surface area contributed by atoms with Crippen LogP contribution < -0.4 is 0 Å². The van der Waals surface area contributed by atoms with Crippen molar-refractivity contribution < 1.29 is 24.7 Å². The van der Waals surface area contributed by atoms with Gasteiger partial charge in [-0.05, 0) is 6.42 Å². The first-order valence-corrected chi connectivity index (χ1v) is 13.3. The molecule has 0 radical (unpaired) electrons. The highest BCUT2D eigenvalue weighted by atomic mass is 16.7. The third kappa shape index (κ3) is 11.4. The van der Waals surface area contributed by atoms with Gasteiger partial charge in [0.25, 0.3) is 6.29 Å². The maximum atomic E-state index is 11.2. The van der Waals surface area contributed by atoms with Gasteiger partial charge < -0.3 is 5.11 Å². The second-order valence-corrected chi connectivity index (χ2v) is 9.55. The van der Waals surface area contributed by atoms with E-state index < -0.39 is 38.9 Å². The largest absolute Gasteiger partial charge is 0.607 e. The summed E-state index contributed by atoms with van der Waals surface area (Å²) in [5, 5.41) is 43.6. The Bertz CT molecular complexity index is 618. The van der Waals surface area contributed by atoms with Gasteiger partial charge in [-0.15, -0.1) is 0 Å². The van der Waals surface area contributed by atoms with Crippen molar-refractivity contribution in [2.75, 3.05) is 0 Å². The predicted molar refractivity (Wildman–Crippen MR) is 133 cm³/mol. The minimum atomic E-state index is -3.93. The third-order valence-corrected chi connectivity index (χ3v) is 6.74. The van der Waals surface area contributed by atoms with Crippen LogP contribution in [0.4, 0.5) is 0 Å². The standard InChI is InChI=1S/C24H45N3O8/c1-2-3-4-5-6-7-8-9-10-11-12-13-14-15-16-17-18-19-20-21-24(29,27(34)35)23(22-28,25(30)31)26(32)33/h22,29H,2-21H2,1H3. The van der Waals surface area contributed by atoms with Crippen LogP contribution in [0.15, 0.2) is 0 Å². The normalized spacial score (nSPS) is 13.3. The second kappa shape index (κ2) is 19.1. The van der Waals surface area contributed by atoms with Crippen LogP contribution >= 0.6 is 0 Å². The molecular weight excluding hydrogens is 458 g/mol. The summed E-state index contributed by atoms with van der Waals surface area (Å²) < 4.78 is 0. The van der Waals surface area contributed by atoms with E-state index in [0.717, 1.165) is 25.7 Å². The van der Waals surface area contributed by atoms with Crippen LogP contribution in [0.5, 0.6) is 0 Å². The molecule has 0 heterocycles. The van der Waals surface area contributed by atoms with E-state index in [1.807, 2.05) is 0 Å². The van der Waals surface area contributed by atoms with E-state index in [9.17, 15) is 40.2 Å². The highest BCUT2D eigenvalue weighted by molar-refractivity contribution is 5.61. The molecule has 1 atom stereocenters. The summed E-state index contributed by atoms with van der Waals surface area (Å²) in [5.41, 5.74) is -7.53. The van der Waals surface area contributed by atoms with E-state index in [1.165, 1.54) is 77.0 Å². The van der Waals surface area contributed by atoms with E-state index in [1.54, 1.807) is 0 Å². The first-order chi connectivity index (χ1) is 16.7. The van der Waals surface area contributed by atoms with Crippen molar-refractivity contribution in [3.8, 4) is 0 Å². The van der Waals surface area contributed by atoms with Gasteiger partial charge in [0.15, 0.2) is 0 Å². The van der Waals surface area contributed by atoms with E-state index in [4.69, 9.17) is 0 Å². The number of aliphatic hydroxyl groups is 1. The molecule has 0 aliphatic heterocycles. The topological polar surface area (TPSA) is 167 Å². The fraction of sp³-hybridized carbons (Fsp3) is 0.958. The zero-order valence-electron chi connectivity index (χ0n) is 21.4. The van der Waals surface area contributed by atoms with Crippen LogP contribution in [-0.4, -0.2) is 37.6 Å². The molecule has 0 spiro atoms. The van der Waals surface area contributed by atoms with Crippen molar-refractivity contribution in [2.24, 2.45) is 0 Å². The summed E-state index contributed by atoms with van der Waals surface area (Å²) in [6.45, 7) is 2.24. The number of nitro groups is 3. The van der Waals surface area contributed by atoms with Crippen molar-refractivity contribution in [1.29, 1.82) is 0 Å². The summed E-state index contributed by atoms with van der Waals surface area (Å²) in [6, 6.07) is 0. The maximum absolute atomic E-state index is 11.2. The molecule has 0 bridgehead atoms. The van der Waals surface area contributed by atoms with Crippen molar-refractivity contribution in [3.63, 3.8) is 0 Å². The van der Waals surface area contributed by atoms with Gasteiger partial charge in [-0.25, -0.2) is 0 Å². The first kappa shape index (κ1) is 32.8. The number of carbonyl (C=O) groups excluding carboxylic acids is 1. The summed E-state index contributed by atoms with van der Waals surface area (Å²) in [6.07, 6.45) is 19.4. The molecule has 1 unspecified atom stereocenters. The zero-order chi connectivity index (χ0) is 26.6. The Morgan fingerprint density at radius 2 is 0.857 bits per heavy atom. The van der Waals surface area contributed by atoms with Crippen LogP contribution in [0.3, 0.4) is 0 Å². The Morgan fingerprint density at radius 3 is 1.09 bits per heavy atom. The molecule has 0 aliphatic carbocycles. The van der Waals surface area contributed by atoms with Gasteiger partial charge in [0.1, 0.15) is 9.85 Å². The Hall–Kier alpha value is -2.17. The van der Waals surface area contributed by atoms with Crippen molar-refractivity contribution in [3.05, 3.63) is 30.3 Å². The Labute approximate surface area is 208 Å². The van der Waals surface area contributed by atoms with Crippen molar-refractivity contribution in [1.82, 2.24) is 0 Å². The predicted octanol–water partition coefficient (Wildman–Crippen LogP) is 6.22. The molecule has 0 fully saturated rings.